The van der Waals surface area contributed by atoms with Crippen LogP contribution < -0.4 is 10.5 Å². The fraction of sp³-hybridized carbons (Fsp3) is 0.400. The van der Waals surface area contributed by atoms with Crippen LogP contribution in [0.25, 0.3) is 11.3 Å². The molecule has 102 valence electrons. The normalized spacial score (nSPS) is 11.0. The van der Waals surface area contributed by atoms with Crippen molar-refractivity contribution in [3.63, 3.8) is 0 Å². The molecule has 0 aliphatic carbocycles. The smallest absolute Gasteiger partial charge is 0.128 e. The summed E-state index contributed by atoms with van der Waals surface area (Å²) in [6.45, 7) is 5.75. The fourth-order valence-electron chi connectivity index (χ4n) is 2.06. The van der Waals surface area contributed by atoms with E-state index in [1.807, 2.05) is 23.2 Å². The number of ether oxygens (including phenoxy) is 1. The molecule has 1 heterocycles. The predicted octanol–water partition coefficient (Wildman–Crippen LogP) is 2.64. The molecule has 0 spiro atoms. The molecule has 0 radical (unpaired) electrons. The third-order valence-corrected chi connectivity index (χ3v) is 3.19. The number of methoxy groups -OCH3 is 1. The molecule has 2 aromatic rings. The summed E-state index contributed by atoms with van der Waals surface area (Å²) in [7, 11) is 1.69. The maximum absolute atomic E-state index is 5.56. The second kappa shape index (κ2) is 5.89. The molecule has 19 heavy (non-hydrogen) atoms. The van der Waals surface area contributed by atoms with E-state index in [4.69, 9.17) is 10.5 Å². The number of nitrogens with zero attached hydrogens (tertiary/aromatic N) is 2. The lowest BCUT2D eigenvalue weighted by Crippen LogP contribution is -2.07. The van der Waals surface area contributed by atoms with E-state index in [0.717, 1.165) is 23.6 Å². The van der Waals surface area contributed by atoms with E-state index in [1.54, 1.807) is 7.11 Å². The van der Waals surface area contributed by atoms with Gasteiger partial charge in [-0.25, -0.2) is 4.98 Å². The average Bonchev–Trinajstić information content (AvgIpc) is 2.87. The number of rotatable bonds is 5. The molecule has 0 fully saturated rings. The zero-order chi connectivity index (χ0) is 13.8. The molecule has 0 atom stereocenters. The van der Waals surface area contributed by atoms with Gasteiger partial charge in [0.1, 0.15) is 5.75 Å². The molecule has 0 amide bonds. The molecule has 0 saturated carbocycles. The lowest BCUT2D eigenvalue weighted by atomic mass is 9.99. The first-order valence-corrected chi connectivity index (χ1v) is 6.56. The first kappa shape index (κ1) is 13.6. The largest absolute Gasteiger partial charge is 0.496 e. The maximum atomic E-state index is 5.56. The van der Waals surface area contributed by atoms with Crippen molar-refractivity contribution in [2.24, 2.45) is 5.73 Å². The molecule has 0 aliphatic rings. The quantitative estimate of drug-likeness (QED) is 0.898. The number of hydrogen-bond donors (Lipinski definition) is 1. The maximum Gasteiger partial charge on any atom is 0.128 e. The Hall–Kier alpha value is -1.81. The molecule has 0 aliphatic heterocycles. The van der Waals surface area contributed by atoms with Crippen molar-refractivity contribution in [2.75, 3.05) is 13.7 Å². The summed E-state index contributed by atoms with van der Waals surface area (Å²) in [4.78, 5) is 4.44. The van der Waals surface area contributed by atoms with Gasteiger partial charge in [-0.15, -0.1) is 0 Å². The highest BCUT2D eigenvalue weighted by molar-refractivity contribution is 5.67. The van der Waals surface area contributed by atoms with Gasteiger partial charge < -0.3 is 15.0 Å². The summed E-state index contributed by atoms with van der Waals surface area (Å²) >= 11 is 0. The van der Waals surface area contributed by atoms with Gasteiger partial charge in [0.05, 0.1) is 19.1 Å². The second-order valence-corrected chi connectivity index (χ2v) is 4.90. The average molecular weight is 259 g/mol. The van der Waals surface area contributed by atoms with E-state index in [-0.39, 0.29) is 0 Å². The van der Waals surface area contributed by atoms with Gasteiger partial charge in [-0.05, 0) is 23.6 Å². The van der Waals surface area contributed by atoms with Gasteiger partial charge in [0, 0.05) is 24.8 Å². The van der Waals surface area contributed by atoms with Gasteiger partial charge >= 0.3 is 0 Å². The topological polar surface area (TPSA) is 53.1 Å². The number of hydrogen-bond acceptors (Lipinski definition) is 3. The van der Waals surface area contributed by atoms with Crippen LogP contribution in [0.5, 0.6) is 5.75 Å². The minimum atomic E-state index is 0.482. The molecule has 0 unspecified atom stereocenters. The molecule has 1 aromatic carbocycles. The van der Waals surface area contributed by atoms with Gasteiger partial charge in [0.15, 0.2) is 0 Å². The Morgan fingerprint density at radius 2 is 2.16 bits per heavy atom. The molecule has 4 heteroatoms. The van der Waals surface area contributed by atoms with Crippen LogP contribution in [-0.4, -0.2) is 23.2 Å². The highest BCUT2D eigenvalue weighted by Gasteiger charge is 2.11. The van der Waals surface area contributed by atoms with Gasteiger partial charge in [-0.2, -0.15) is 0 Å². The van der Waals surface area contributed by atoms with Crippen molar-refractivity contribution in [1.82, 2.24) is 9.55 Å². The van der Waals surface area contributed by atoms with Crippen molar-refractivity contribution in [3.8, 4) is 17.0 Å². The molecule has 2 N–H and O–H groups in total. The summed E-state index contributed by atoms with van der Waals surface area (Å²) in [6, 6.07) is 6.26. The van der Waals surface area contributed by atoms with Crippen LogP contribution in [0.1, 0.15) is 25.3 Å². The summed E-state index contributed by atoms with van der Waals surface area (Å²) < 4.78 is 7.43. The van der Waals surface area contributed by atoms with Crippen LogP contribution in [0, 0.1) is 0 Å². The Morgan fingerprint density at radius 3 is 2.79 bits per heavy atom. The highest BCUT2D eigenvalue weighted by atomic mass is 16.5. The highest BCUT2D eigenvalue weighted by Crippen LogP contribution is 2.31. The Balaban J connectivity index is 2.42. The minimum absolute atomic E-state index is 0.482. The third-order valence-electron chi connectivity index (χ3n) is 3.19. The van der Waals surface area contributed by atoms with Crippen molar-refractivity contribution in [3.05, 3.63) is 36.3 Å². The molecule has 0 bridgehead atoms. The van der Waals surface area contributed by atoms with E-state index >= 15 is 0 Å². The van der Waals surface area contributed by atoms with E-state index in [2.05, 4.69) is 31.0 Å². The van der Waals surface area contributed by atoms with Gasteiger partial charge in [-0.3, -0.25) is 0 Å². The van der Waals surface area contributed by atoms with Crippen LogP contribution in [0.4, 0.5) is 0 Å². The third kappa shape index (κ3) is 2.96. The Morgan fingerprint density at radius 1 is 1.37 bits per heavy atom. The molecule has 0 saturated heterocycles. The monoisotopic (exact) mass is 259 g/mol. The number of aromatic nitrogens is 2. The van der Waals surface area contributed by atoms with E-state index in [1.165, 1.54) is 5.56 Å². The SMILES string of the molecule is COc1ccc(C(C)C)cc1-c1cn(CCN)cn1. The first-order valence-electron chi connectivity index (χ1n) is 6.56. The van der Waals surface area contributed by atoms with Gasteiger partial charge in [0.2, 0.25) is 0 Å². The van der Waals surface area contributed by atoms with Crippen LogP contribution >= 0.6 is 0 Å². The summed E-state index contributed by atoms with van der Waals surface area (Å²) in [5.74, 6) is 1.33. The second-order valence-electron chi connectivity index (χ2n) is 4.90. The minimum Gasteiger partial charge on any atom is -0.496 e. The van der Waals surface area contributed by atoms with Gasteiger partial charge in [0.25, 0.3) is 0 Å². The molecule has 1 aromatic heterocycles. The zero-order valence-electron chi connectivity index (χ0n) is 11.8. The van der Waals surface area contributed by atoms with Crippen LogP contribution in [0.15, 0.2) is 30.7 Å². The van der Waals surface area contributed by atoms with Crippen LogP contribution in [0.2, 0.25) is 0 Å². The standard InChI is InChI=1S/C15H21N3O/c1-11(2)12-4-5-15(19-3)13(8-12)14-9-18(7-6-16)10-17-14/h4-5,8-11H,6-7,16H2,1-3H3. The zero-order valence-corrected chi connectivity index (χ0v) is 11.8. The molecule has 4 nitrogen and oxygen atoms in total. The summed E-state index contributed by atoms with van der Waals surface area (Å²) in [6.07, 6.45) is 3.82. The van der Waals surface area contributed by atoms with Crippen LogP contribution in [0.3, 0.4) is 0 Å². The fourth-order valence-corrected chi connectivity index (χ4v) is 2.06. The van der Waals surface area contributed by atoms with Crippen molar-refractivity contribution in [1.29, 1.82) is 0 Å². The number of imidazole rings is 1. The lowest BCUT2D eigenvalue weighted by molar-refractivity contribution is 0.416. The summed E-state index contributed by atoms with van der Waals surface area (Å²) in [5, 5.41) is 0. The van der Waals surface area contributed by atoms with E-state index in [0.29, 0.717) is 12.5 Å². The van der Waals surface area contributed by atoms with Crippen LogP contribution in [-0.2, 0) is 6.54 Å². The summed E-state index contributed by atoms with van der Waals surface area (Å²) in [5.41, 5.74) is 8.79. The lowest BCUT2D eigenvalue weighted by Gasteiger charge is -2.11. The molecular weight excluding hydrogens is 238 g/mol. The Bertz CT molecular complexity index is 546. The Labute approximate surface area is 114 Å². The van der Waals surface area contributed by atoms with E-state index in [9.17, 15) is 0 Å². The number of benzene rings is 1. The van der Waals surface area contributed by atoms with Crippen molar-refractivity contribution >= 4 is 0 Å². The van der Waals surface area contributed by atoms with Gasteiger partial charge in [-0.1, -0.05) is 19.9 Å². The Kier molecular flexibility index (Phi) is 4.22. The predicted molar refractivity (Wildman–Crippen MR) is 77.4 cm³/mol. The number of nitrogens with two attached hydrogens (primary N) is 1. The first-order chi connectivity index (χ1) is 9.15. The van der Waals surface area contributed by atoms with Crippen molar-refractivity contribution < 1.29 is 4.74 Å². The van der Waals surface area contributed by atoms with Crippen molar-refractivity contribution in [2.45, 2.75) is 26.3 Å². The molecule has 2 rings (SSSR count). The molecular formula is C15H21N3O. The van der Waals surface area contributed by atoms with E-state index < -0.39 is 0 Å².